The fraction of sp³-hybridized carbons (Fsp3) is 0.190. The summed E-state index contributed by atoms with van der Waals surface area (Å²) in [6, 6.07) is 5.66. The summed E-state index contributed by atoms with van der Waals surface area (Å²) in [5.74, 6) is -0.508. The molecular weight excluding hydrogens is 422 g/mol. The highest BCUT2D eigenvalue weighted by molar-refractivity contribution is 7.21. The number of rotatable bonds is 2. The van der Waals surface area contributed by atoms with Gasteiger partial charge in [0, 0.05) is 18.7 Å². The lowest BCUT2D eigenvalue weighted by Crippen LogP contribution is -2.41. The Balaban J connectivity index is 1.48. The average molecular weight is 437 g/mol. The number of fused-ring (bicyclic) bond motifs is 2. The van der Waals surface area contributed by atoms with Crippen molar-refractivity contribution in [2.45, 2.75) is 19.5 Å². The van der Waals surface area contributed by atoms with Crippen molar-refractivity contribution in [3.05, 3.63) is 70.8 Å². The fourth-order valence-corrected chi connectivity index (χ4v) is 4.61. The zero-order valence-corrected chi connectivity index (χ0v) is 17.0. The van der Waals surface area contributed by atoms with E-state index < -0.39 is 17.7 Å². The quantitative estimate of drug-likeness (QED) is 0.430. The molecule has 0 N–H and O–H groups in total. The predicted molar refractivity (Wildman–Crippen MR) is 111 cm³/mol. The summed E-state index contributed by atoms with van der Waals surface area (Å²) in [7, 11) is 0. The fourth-order valence-electron chi connectivity index (χ4n) is 3.65. The van der Waals surface area contributed by atoms with E-state index >= 15 is 0 Å². The van der Waals surface area contributed by atoms with Crippen LogP contribution in [0, 0.1) is 18.2 Å². The van der Waals surface area contributed by atoms with Crippen molar-refractivity contribution >= 4 is 33.1 Å². The molecule has 0 bridgehead atoms. The minimum atomic E-state index is -0.683. The van der Waals surface area contributed by atoms with Gasteiger partial charge in [0.25, 0.3) is 5.91 Å². The molecule has 7 nitrogen and oxygen atoms in total. The van der Waals surface area contributed by atoms with Gasteiger partial charge in [0.1, 0.15) is 11.6 Å². The Morgan fingerprint density at radius 3 is 2.90 bits per heavy atom. The number of aromatic nitrogens is 4. The van der Waals surface area contributed by atoms with Crippen molar-refractivity contribution in [1.82, 2.24) is 24.6 Å². The van der Waals surface area contributed by atoms with Gasteiger partial charge in [0.05, 0.1) is 24.2 Å². The molecule has 154 valence electrons. The van der Waals surface area contributed by atoms with Crippen LogP contribution in [-0.2, 0) is 6.54 Å². The van der Waals surface area contributed by atoms with Crippen LogP contribution in [-0.4, -0.2) is 37.1 Å². The first-order valence-corrected chi connectivity index (χ1v) is 10.2. The Labute approximate surface area is 180 Å². The van der Waals surface area contributed by atoms with Gasteiger partial charge in [-0.25, -0.2) is 18.6 Å². The molecule has 2 aromatic carbocycles. The maximum absolute atomic E-state index is 14.0. The topological polar surface area (TPSA) is 68.3 Å². The highest BCUT2D eigenvalue weighted by atomic mass is 32.1. The smallest absolute Gasteiger partial charge is 0.254 e. The number of hydrogen-bond acceptors (Lipinski definition) is 5. The highest BCUT2D eigenvalue weighted by Crippen LogP contribution is 2.35. The molecule has 2 aromatic heterocycles. The van der Waals surface area contributed by atoms with E-state index in [2.05, 4.69) is 20.0 Å². The van der Waals surface area contributed by atoms with Crippen molar-refractivity contribution in [3.8, 4) is 10.8 Å². The van der Waals surface area contributed by atoms with Crippen molar-refractivity contribution < 1.29 is 14.9 Å². The Bertz CT molecular complexity index is 1440. The third kappa shape index (κ3) is 3.14. The van der Waals surface area contributed by atoms with Gasteiger partial charge in [0.2, 0.25) is 5.69 Å². The maximum atomic E-state index is 14.0. The average Bonchev–Trinajstić information content (AvgIpc) is 3.38. The Kier molecular flexibility index (Phi) is 4.21. The molecule has 0 aliphatic carbocycles. The number of halogens is 2. The Morgan fingerprint density at radius 2 is 2.13 bits per heavy atom. The van der Waals surface area contributed by atoms with E-state index in [1.54, 1.807) is 4.90 Å². The molecule has 0 radical (unpaired) electrons. The van der Waals surface area contributed by atoms with Gasteiger partial charge in [0.15, 0.2) is 16.7 Å². The number of nitrogens with zero attached hydrogens (tertiary/aromatic N) is 6. The van der Waals surface area contributed by atoms with Crippen molar-refractivity contribution in [1.29, 1.82) is 0 Å². The molecule has 31 heavy (non-hydrogen) atoms. The maximum Gasteiger partial charge on any atom is 0.254 e. The summed E-state index contributed by atoms with van der Waals surface area (Å²) in [4.78, 5) is 22.2. The van der Waals surface area contributed by atoms with Crippen molar-refractivity contribution in [2.75, 3.05) is 6.54 Å². The first kappa shape index (κ1) is 18.1. The van der Waals surface area contributed by atoms with E-state index in [0.29, 0.717) is 40.0 Å². The van der Waals surface area contributed by atoms with Gasteiger partial charge in [-0.15, -0.1) is 21.5 Å². The first-order chi connectivity index (χ1) is 15.4. The summed E-state index contributed by atoms with van der Waals surface area (Å²) in [6.45, 7) is 9.67. The standard InChI is InChI=1S/C21H14F2N6OS/c1-11-18-26-27-19(20-25-16-10-15(24-2)14(23)9-17(16)31-20)29(18)8-7-28(11)21(30)12-3-5-13(22)6-4-12/h3-6,9-11H,7-8H2,1H3/t11-/m1/s1/i5D. The highest BCUT2D eigenvalue weighted by Gasteiger charge is 2.32. The molecule has 4 aromatic rings. The third-order valence-electron chi connectivity index (χ3n) is 5.24. The van der Waals surface area contributed by atoms with Crippen LogP contribution in [0.15, 0.2) is 36.4 Å². The molecule has 1 aliphatic heterocycles. The van der Waals surface area contributed by atoms with Crippen LogP contribution in [0.25, 0.3) is 25.9 Å². The van der Waals surface area contributed by atoms with Crippen molar-refractivity contribution in [3.63, 3.8) is 0 Å². The molecule has 0 unspecified atom stereocenters. The molecule has 1 atom stereocenters. The van der Waals surface area contributed by atoms with Gasteiger partial charge in [-0.05, 0) is 43.3 Å². The summed E-state index contributed by atoms with van der Waals surface area (Å²) >= 11 is 1.26. The Hall–Kier alpha value is -3.71. The Morgan fingerprint density at radius 1 is 1.29 bits per heavy atom. The summed E-state index contributed by atoms with van der Waals surface area (Å²) < 4.78 is 37.4. The number of amides is 1. The summed E-state index contributed by atoms with van der Waals surface area (Å²) in [5, 5.41) is 9.07. The van der Waals surface area contributed by atoms with Gasteiger partial charge in [-0.3, -0.25) is 4.79 Å². The molecule has 0 saturated heterocycles. The van der Waals surface area contributed by atoms with E-state index in [1.165, 1.54) is 35.6 Å². The molecule has 0 fully saturated rings. The van der Waals surface area contributed by atoms with E-state index in [9.17, 15) is 13.6 Å². The second kappa shape index (κ2) is 7.21. The monoisotopic (exact) mass is 437 g/mol. The number of hydrogen-bond donors (Lipinski definition) is 0. The molecule has 1 aliphatic rings. The zero-order valence-electron chi connectivity index (χ0n) is 17.1. The molecule has 1 amide bonds. The largest absolute Gasteiger partial charge is 0.327 e. The van der Waals surface area contributed by atoms with E-state index in [0.717, 1.165) is 6.07 Å². The lowest BCUT2D eigenvalue weighted by molar-refractivity contribution is 0.0638. The van der Waals surface area contributed by atoms with Crippen LogP contribution in [0.3, 0.4) is 0 Å². The van der Waals surface area contributed by atoms with Crippen LogP contribution >= 0.6 is 11.3 Å². The minimum absolute atomic E-state index is 0.0861. The first-order valence-electron chi connectivity index (χ1n) is 9.85. The molecule has 0 saturated carbocycles. The zero-order chi connectivity index (χ0) is 22.6. The predicted octanol–water partition coefficient (Wildman–Crippen LogP) is 4.60. The molecular formula is C21H14F2N6OS. The van der Waals surface area contributed by atoms with Crippen molar-refractivity contribution in [2.24, 2.45) is 0 Å². The molecule has 5 rings (SSSR count). The van der Waals surface area contributed by atoms with E-state index in [-0.39, 0.29) is 23.2 Å². The van der Waals surface area contributed by atoms with Gasteiger partial charge >= 0.3 is 0 Å². The SMILES string of the molecule is [2H]c1cc(C(=O)N2CCn3c(-c4nc5cc([N+]#[C-])c(F)cc5s4)nnc3[C@H]2C)ccc1F. The van der Waals surface area contributed by atoms with E-state index in [1.807, 2.05) is 11.5 Å². The lowest BCUT2D eigenvalue weighted by Gasteiger charge is -2.33. The second-order valence-electron chi connectivity index (χ2n) is 7.04. The number of carbonyl (C=O) groups excluding carboxylic acids is 1. The third-order valence-corrected chi connectivity index (χ3v) is 6.25. The summed E-state index contributed by atoms with van der Waals surface area (Å²) in [5.41, 5.74) is 0.662. The summed E-state index contributed by atoms with van der Waals surface area (Å²) in [6.07, 6.45) is 0. The van der Waals surface area contributed by atoms with Crippen LogP contribution in [0.4, 0.5) is 14.5 Å². The second-order valence-corrected chi connectivity index (χ2v) is 8.07. The number of carbonyl (C=O) groups is 1. The van der Waals surface area contributed by atoms with Gasteiger partial charge in [-0.1, -0.05) is 0 Å². The molecule has 3 heterocycles. The van der Waals surface area contributed by atoms with E-state index in [4.69, 9.17) is 7.94 Å². The molecule has 10 heteroatoms. The van der Waals surface area contributed by atoms with Crippen LogP contribution < -0.4 is 0 Å². The van der Waals surface area contributed by atoms with Crippen LogP contribution in [0.1, 0.15) is 30.5 Å². The number of thiazole rings is 1. The van der Waals surface area contributed by atoms with Crippen LogP contribution in [0.5, 0.6) is 0 Å². The number of benzene rings is 2. The molecule has 0 spiro atoms. The minimum Gasteiger partial charge on any atom is -0.327 e. The normalized spacial score (nSPS) is 16.1. The van der Waals surface area contributed by atoms with Gasteiger partial charge < -0.3 is 9.47 Å². The lowest BCUT2D eigenvalue weighted by atomic mass is 10.1. The van der Waals surface area contributed by atoms with Crippen LogP contribution in [0.2, 0.25) is 0 Å². The van der Waals surface area contributed by atoms with Gasteiger partial charge in [-0.2, -0.15) is 0 Å².